The summed E-state index contributed by atoms with van der Waals surface area (Å²) in [5, 5.41) is 4.90. The van der Waals surface area contributed by atoms with Crippen LogP contribution >= 0.6 is 0 Å². The van der Waals surface area contributed by atoms with Gasteiger partial charge in [0.05, 0.1) is 0 Å². The van der Waals surface area contributed by atoms with E-state index in [4.69, 9.17) is 4.74 Å². The number of urea groups is 1. The molecule has 0 unspecified atom stereocenters. The number of aryl methyl sites for hydroxylation is 1. The molecule has 0 saturated heterocycles. The molecule has 0 atom stereocenters. The van der Waals surface area contributed by atoms with Gasteiger partial charge in [0.25, 0.3) is 5.91 Å². The Morgan fingerprint density at radius 2 is 1.76 bits per heavy atom. The fourth-order valence-electron chi connectivity index (χ4n) is 2.75. The molecule has 1 aromatic rings. The lowest BCUT2D eigenvalue weighted by atomic mass is 9.96. The summed E-state index contributed by atoms with van der Waals surface area (Å²) in [6, 6.07) is 5.35. The van der Waals surface area contributed by atoms with Gasteiger partial charge in [0.2, 0.25) is 0 Å². The summed E-state index contributed by atoms with van der Waals surface area (Å²) in [5.41, 5.74) is 0.801. The van der Waals surface area contributed by atoms with Gasteiger partial charge < -0.3 is 10.1 Å². The second-order valence-corrected chi connectivity index (χ2v) is 6.14. The number of ether oxygens (including phenoxy) is 1. The van der Waals surface area contributed by atoms with Crippen molar-refractivity contribution >= 4 is 17.9 Å². The fourth-order valence-corrected chi connectivity index (χ4v) is 2.75. The zero-order valence-corrected chi connectivity index (χ0v) is 14.1. The molecule has 1 saturated carbocycles. The maximum atomic E-state index is 12.8. The third-order valence-corrected chi connectivity index (χ3v) is 4.09. The van der Waals surface area contributed by atoms with E-state index in [0.29, 0.717) is 6.42 Å². The highest BCUT2D eigenvalue weighted by Crippen LogP contribution is 2.17. The Kier molecular flexibility index (Phi) is 7.37. The number of hydrogen-bond donors (Lipinski definition) is 2. The molecule has 25 heavy (non-hydrogen) atoms. The van der Waals surface area contributed by atoms with Crippen molar-refractivity contribution in [2.24, 2.45) is 0 Å². The zero-order chi connectivity index (χ0) is 18.1. The number of imide groups is 1. The average molecular weight is 350 g/mol. The van der Waals surface area contributed by atoms with Crippen LogP contribution in [0.4, 0.5) is 9.18 Å². The fraction of sp³-hybridized carbons (Fsp3) is 0.500. The summed E-state index contributed by atoms with van der Waals surface area (Å²) in [6.45, 7) is -0.500. The number of rotatable bonds is 6. The van der Waals surface area contributed by atoms with Crippen LogP contribution < -0.4 is 10.6 Å². The average Bonchev–Trinajstić information content (AvgIpc) is 2.60. The van der Waals surface area contributed by atoms with E-state index in [1.165, 1.54) is 18.6 Å². The molecule has 0 aliphatic heterocycles. The summed E-state index contributed by atoms with van der Waals surface area (Å²) < 4.78 is 17.6. The maximum absolute atomic E-state index is 12.8. The minimum atomic E-state index is -0.663. The number of esters is 1. The molecule has 3 amide bonds. The van der Waals surface area contributed by atoms with Gasteiger partial charge in [-0.3, -0.25) is 14.9 Å². The van der Waals surface area contributed by atoms with Gasteiger partial charge in [-0.1, -0.05) is 31.4 Å². The van der Waals surface area contributed by atoms with E-state index in [-0.39, 0.29) is 18.3 Å². The third kappa shape index (κ3) is 7.32. The lowest BCUT2D eigenvalue weighted by molar-refractivity contribution is -0.148. The number of nitrogens with one attached hydrogen (secondary N) is 2. The molecule has 0 aromatic heterocycles. The minimum absolute atomic E-state index is 0.0766. The third-order valence-electron chi connectivity index (χ3n) is 4.09. The van der Waals surface area contributed by atoms with Crippen LogP contribution in [-0.2, 0) is 20.7 Å². The first-order valence-electron chi connectivity index (χ1n) is 8.53. The molecule has 0 heterocycles. The molecule has 1 aromatic carbocycles. The lowest BCUT2D eigenvalue weighted by Crippen LogP contribution is -2.46. The number of benzene rings is 1. The Bertz CT molecular complexity index is 598. The standard InChI is InChI=1S/C18H23FN2O4/c19-14-9-6-13(7-10-14)8-11-17(23)25-12-16(22)21-18(24)20-15-4-2-1-3-5-15/h6-7,9-10,15H,1-5,8,11-12H2,(H2,20,21,22,24). The second-order valence-electron chi connectivity index (χ2n) is 6.14. The van der Waals surface area contributed by atoms with Crippen molar-refractivity contribution in [3.63, 3.8) is 0 Å². The van der Waals surface area contributed by atoms with Gasteiger partial charge in [-0.2, -0.15) is 0 Å². The Hall–Kier alpha value is -2.44. The Morgan fingerprint density at radius 1 is 1.08 bits per heavy atom. The molecule has 1 aliphatic rings. The molecule has 0 bridgehead atoms. The largest absolute Gasteiger partial charge is 0.456 e. The summed E-state index contributed by atoms with van der Waals surface area (Å²) in [7, 11) is 0. The predicted octanol–water partition coefficient (Wildman–Crippen LogP) is 2.46. The maximum Gasteiger partial charge on any atom is 0.321 e. The van der Waals surface area contributed by atoms with E-state index < -0.39 is 24.5 Å². The van der Waals surface area contributed by atoms with E-state index in [1.54, 1.807) is 12.1 Å². The van der Waals surface area contributed by atoms with E-state index >= 15 is 0 Å². The molecule has 6 nitrogen and oxygen atoms in total. The highest BCUT2D eigenvalue weighted by Gasteiger charge is 2.17. The van der Waals surface area contributed by atoms with Crippen molar-refractivity contribution < 1.29 is 23.5 Å². The number of amides is 3. The Balaban J connectivity index is 1.60. The molecule has 2 rings (SSSR count). The SMILES string of the molecule is O=C(COC(=O)CCc1ccc(F)cc1)NC(=O)NC1CCCCC1. The monoisotopic (exact) mass is 350 g/mol. The molecular formula is C18H23FN2O4. The van der Waals surface area contributed by atoms with Crippen LogP contribution in [0.15, 0.2) is 24.3 Å². The predicted molar refractivity (Wildman–Crippen MR) is 89.2 cm³/mol. The van der Waals surface area contributed by atoms with Crippen LogP contribution in [0.1, 0.15) is 44.1 Å². The molecule has 0 radical (unpaired) electrons. The quantitative estimate of drug-likeness (QED) is 0.772. The van der Waals surface area contributed by atoms with Gasteiger partial charge in [0.1, 0.15) is 5.82 Å². The van der Waals surface area contributed by atoms with E-state index in [1.807, 2.05) is 0 Å². The van der Waals surface area contributed by atoms with Crippen LogP contribution in [0.2, 0.25) is 0 Å². The number of hydrogen-bond acceptors (Lipinski definition) is 4. The highest BCUT2D eigenvalue weighted by molar-refractivity contribution is 5.95. The topological polar surface area (TPSA) is 84.5 Å². The molecule has 0 spiro atoms. The first-order valence-corrected chi connectivity index (χ1v) is 8.53. The lowest BCUT2D eigenvalue weighted by Gasteiger charge is -2.22. The van der Waals surface area contributed by atoms with Gasteiger partial charge in [0.15, 0.2) is 6.61 Å². The zero-order valence-electron chi connectivity index (χ0n) is 14.1. The van der Waals surface area contributed by atoms with Crippen molar-refractivity contribution in [2.45, 2.75) is 51.0 Å². The van der Waals surface area contributed by atoms with Crippen LogP contribution in [0.3, 0.4) is 0 Å². The van der Waals surface area contributed by atoms with E-state index in [0.717, 1.165) is 31.2 Å². The first kappa shape index (κ1) is 18.9. The number of carbonyl (C=O) groups is 3. The molecule has 1 aliphatic carbocycles. The number of halogens is 1. The van der Waals surface area contributed by atoms with E-state index in [2.05, 4.69) is 10.6 Å². The van der Waals surface area contributed by atoms with E-state index in [9.17, 15) is 18.8 Å². The van der Waals surface area contributed by atoms with Gasteiger partial charge in [-0.25, -0.2) is 9.18 Å². The van der Waals surface area contributed by atoms with Crippen molar-refractivity contribution in [3.8, 4) is 0 Å². The van der Waals surface area contributed by atoms with Crippen molar-refractivity contribution in [3.05, 3.63) is 35.6 Å². The number of carbonyl (C=O) groups excluding carboxylic acids is 3. The van der Waals surface area contributed by atoms with Crippen molar-refractivity contribution in [2.75, 3.05) is 6.61 Å². The Labute approximate surface area is 146 Å². The van der Waals surface area contributed by atoms with Gasteiger partial charge >= 0.3 is 12.0 Å². The summed E-state index contributed by atoms with van der Waals surface area (Å²) in [5.74, 6) is -1.55. The van der Waals surface area contributed by atoms with Crippen LogP contribution in [-0.4, -0.2) is 30.6 Å². The Morgan fingerprint density at radius 3 is 2.44 bits per heavy atom. The second kappa shape index (κ2) is 9.76. The van der Waals surface area contributed by atoms with Crippen LogP contribution in [0.5, 0.6) is 0 Å². The van der Waals surface area contributed by atoms with Crippen molar-refractivity contribution in [1.29, 1.82) is 0 Å². The summed E-state index contributed by atoms with van der Waals surface area (Å²) >= 11 is 0. The smallest absolute Gasteiger partial charge is 0.321 e. The van der Waals surface area contributed by atoms with Gasteiger partial charge in [0, 0.05) is 12.5 Å². The summed E-state index contributed by atoms with van der Waals surface area (Å²) in [4.78, 5) is 34.9. The summed E-state index contributed by atoms with van der Waals surface area (Å²) in [6.07, 6.45) is 5.62. The van der Waals surface area contributed by atoms with Gasteiger partial charge in [-0.05, 0) is 37.0 Å². The van der Waals surface area contributed by atoms with Crippen molar-refractivity contribution in [1.82, 2.24) is 10.6 Å². The normalized spacial score (nSPS) is 14.6. The first-order chi connectivity index (χ1) is 12.0. The molecule has 1 fully saturated rings. The molecule has 136 valence electrons. The minimum Gasteiger partial charge on any atom is -0.456 e. The molecular weight excluding hydrogens is 327 g/mol. The van der Waals surface area contributed by atoms with Crippen LogP contribution in [0.25, 0.3) is 0 Å². The highest BCUT2D eigenvalue weighted by atomic mass is 19.1. The van der Waals surface area contributed by atoms with Gasteiger partial charge in [-0.15, -0.1) is 0 Å². The van der Waals surface area contributed by atoms with Crippen LogP contribution in [0, 0.1) is 5.82 Å². The molecule has 7 heteroatoms. The molecule has 2 N–H and O–H groups in total.